The van der Waals surface area contributed by atoms with Gasteiger partial charge in [-0.3, -0.25) is 4.79 Å². The van der Waals surface area contributed by atoms with Crippen LogP contribution in [0.15, 0.2) is 24.3 Å². The van der Waals surface area contributed by atoms with E-state index in [1.54, 1.807) is 20.3 Å². The van der Waals surface area contributed by atoms with E-state index >= 15 is 0 Å². The van der Waals surface area contributed by atoms with Gasteiger partial charge >= 0.3 is 0 Å². The van der Waals surface area contributed by atoms with Crippen LogP contribution in [0.25, 0.3) is 0 Å². The second kappa shape index (κ2) is 18.8. The molecule has 0 saturated heterocycles. The van der Waals surface area contributed by atoms with Gasteiger partial charge in [0, 0.05) is 46.5 Å². The molecule has 8 nitrogen and oxygen atoms in total. The molecule has 37 heavy (non-hydrogen) atoms. The van der Waals surface area contributed by atoms with Crippen LogP contribution in [0.4, 0.5) is 0 Å². The Morgan fingerprint density at radius 2 is 1.70 bits per heavy atom. The highest BCUT2D eigenvalue weighted by atomic mass is 35.5. The lowest BCUT2D eigenvalue weighted by Crippen LogP contribution is -2.47. The molecular weight excluding hydrogens is 494 g/mol. The van der Waals surface area contributed by atoms with Crippen molar-refractivity contribution in [3.63, 3.8) is 0 Å². The van der Waals surface area contributed by atoms with Crippen LogP contribution in [-0.2, 0) is 9.47 Å². The number of nitrogens with one attached hydrogen (secondary N) is 2. The molecule has 1 aromatic carbocycles. The molecule has 0 heterocycles. The van der Waals surface area contributed by atoms with Crippen LogP contribution in [0.2, 0.25) is 0 Å². The number of amides is 1. The van der Waals surface area contributed by atoms with Gasteiger partial charge in [0.25, 0.3) is 5.91 Å². The number of unbranched alkanes of at least 4 members (excludes halogenated alkanes) is 1. The monoisotopic (exact) mass is 545 g/mol. The maximum Gasteiger partial charge on any atom is 0.255 e. The fourth-order valence-electron chi connectivity index (χ4n) is 3.98. The van der Waals surface area contributed by atoms with E-state index < -0.39 is 12.1 Å². The Balaban J connectivity index is 0.0000130. The zero-order valence-electron chi connectivity index (χ0n) is 23.9. The first-order valence-corrected chi connectivity index (χ1v) is 13.2. The number of aliphatic hydroxyl groups is 1. The molecule has 0 saturated carbocycles. The fraction of sp³-hybridized carbons (Fsp3) is 0.750. The number of rotatable bonds is 18. The number of ether oxygens (including phenoxy) is 3. The molecule has 0 bridgehead atoms. The second-order valence-electron chi connectivity index (χ2n) is 11.0. The minimum atomic E-state index is -0.688. The van der Waals surface area contributed by atoms with Gasteiger partial charge in [0.15, 0.2) is 0 Å². The zero-order chi connectivity index (χ0) is 27.1. The van der Waals surface area contributed by atoms with Crippen molar-refractivity contribution >= 4 is 18.3 Å². The number of nitrogens with two attached hydrogens (primary N) is 1. The van der Waals surface area contributed by atoms with E-state index in [4.69, 9.17) is 19.9 Å². The predicted octanol–water partition coefficient (Wildman–Crippen LogP) is 3.64. The summed E-state index contributed by atoms with van der Waals surface area (Å²) in [5.41, 5.74) is 6.88. The molecule has 5 N–H and O–H groups in total. The number of halogens is 1. The van der Waals surface area contributed by atoms with Crippen molar-refractivity contribution in [3.8, 4) is 5.75 Å². The van der Waals surface area contributed by atoms with Crippen molar-refractivity contribution in [1.29, 1.82) is 0 Å². The summed E-state index contributed by atoms with van der Waals surface area (Å²) >= 11 is 0. The molecule has 9 heteroatoms. The molecular formula is C28H52ClN3O5. The van der Waals surface area contributed by atoms with Crippen LogP contribution in [0, 0.1) is 17.3 Å². The summed E-state index contributed by atoms with van der Waals surface area (Å²) in [6, 6.07) is 6.89. The van der Waals surface area contributed by atoms with E-state index in [2.05, 4.69) is 45.3 Å². The number of hydrogen-bond acceptors (Lipinski definition) is 7. The van der Waals surface area contributed by atoms with Crippen molar-refractivity contribution in [1.82, 2.24) is 10.6 Å². The van der Waals surface area contributed by atoms with E-state index in [0.717, 1.165) is 12.8 Å². The van der Waals surface area contributed by atoms with Crippen molar-refractivity contribution in [2.75, 3.05) is 47.1 Å². The maximum atomic E-state index is 12.9. The van der Waals surface area contributed by atoms with Crippen molar-refractivity contribution in [2.24, 2.45) is 23.0 Å². The number of hydrogen-bond donors (Lipinski definition) is 4. The Bertz CT molecular complexity index is 745. The number of benzene rings is 1. The van der Waals surface area contributed by atoms with E-state index in [1.807, 2.05) is 18.2 Å². The Hall–Kier alpha value is -1.42. The number of methoxy groups -OCH3 is 2. The minimum Gasteiger partial charge on any atom is -0.493 e. The molecule has 216 valence electrons. The lowest BCUT2D eigenvalue weighted by atomic mass is 9.87. The van der Waals surface area contributed by atoms with Gasteiger partial charge in [-0.1, -0.05) is 46.8 Å². The normalized spacial score (nSPS) is 15.0. The summed E-state index contributed by atoms with van der Waals surface area (Å²) in [6.07, 6.45) is 1.72. The first kappa shape index (κ1) is 35.6. The molecule has 1 aromatic rings. The highest BCUT2D eigenvalue weighted by molar-refractivity contribution is 5.96. The van der Waals surface area contributed by atoms with Gasteiger partial charge in [-0.25, -0.2) is 0 Å². The second-order valence-corrected chi connectivity index (χ2v) is 11.0. The number of carbonyl (C=O) groups excluding carboxylic acids is 1. The molecule has 0 aromatic heterocycles. The van der Waals surface area contributed by atoms with Gasteiger partial charge in [-0.2, -0.15) is 0 Å². The van der Waals surface area contributed by atoms with Gasteiger partial charge in [0.05, 0.1) is 24.4 Å². The first-order valence-electron chi connectivity index (χ1n) is 13.2. The van der Waals surface area contributed by atoms with Crippen molar-refractivity contribution in [3.05, 3.63) is 29.8 Å². The van der Waals surface area contributed by atoms with Crippen LogP contribution in [0.5, 0.6) is 5.75 Å². The summed E-state index contributed by atoms with van der Waals surface area (Å²) in [6.45, 7) is 13.3. The third-order valence-electron chi connectivity index (χ3n) is 6.60. The molecule has 4 unspecified atom stereocenters. The van der Waals surface area contributed by atoms with Crippen molar-refractivity contribution in [2.45, 2.75) is 72.1 Å². The fourth-order valence-corrected chi connectivity index (χ4v) is 3.98. The molecule has 0 radical (unpaired) electrons. The Morgan fingerprint density at radius 1 is 1.05 bits per heavy atom. The summed E-state index contributed by atoms with van der Waals surface area (Å²) in [7, 11) is 3.38. The van der Waals surface area contributed by atoms with Gasteiger partial charge in [0.1, 0.15) is 5.75 Å². The van der Waals surface area contributed by atoms with Gasteiger partial charge in [-0.05, 0) is 48.6 Å². The molecule has 0 spiro atoms. The van der Waals surface area contributed by atoms with Gasteiger partial charge < -0.3 is 35.7 Å². The summed E-state index contributed by atoms with van der Waals surface area (Å²) in [5, 5.41) is 17.0. The number of para-hydroxylation sites is 1. The van der Waals surface area contributed by atoms with E-state index in [1.165, 1.54) is 0 Å². The summed E-state index contributed by atoms with van der Waals surface area (Å²) in [5.74, 6) is 0.831. The smallest absolute Gasteiger partial charge is 0.255 e. The van der Waals surface area contributed by atoms with E-state index in [0.29, 0.717) is 56.5 Å². The lowest BCUT2D eigenvalue weighted by Gasteiger charge is -2.31. The third kappa shape index (κ3) is 13.8. The Kier molecular flexibility index (Phi) is 18.0. The quantitative estimate of drug-likeness (QED) is 0.208. The van der Waals surface area contributed by atoms with Crippen LogP contribution in [-0.4, -0.2) is 76.3 Å². The average molecular weight is 546 g/mol. The van der Waals surface area contributed by atoms with E-state index in [-0.39, 0.29) is 35.8 Å². The Labute approximate surface area is 230 Å². The average Bonchev–Trinajstić information content (AvgIpc) is 2.83. The number of aliphatic hydroxyl groups excluding tert-OH is 1. The van der Waals surface area contributed by atoms with Crippen LogP contribution >= 0.6 is 12.4 Å². The van der Waals surface area contributed by atoms with Crippen LogP contribution < -0.4 is 21.1 Å². The topological polar surface area (TPSA) is 115 Å². The molecule has 4 atom stereocenters. The minimum absolute atomic E-state index is 0. The lowest BCUT2D eigenvalue weighted by molar-refractivity contribution is 0.0145. The zero-order valence-corrected chi connectivity index (χ0v) is 24.7. The molecule has 0 aliphatic carbocycles. The first-order chi connectivity index (χ1) is 17.0. The van der Waals surface area contributed by atoms with Gasteiger partial charge in [-0.15, -0.1) is 12.4 Å². The maximum absolute atomic E-state index is 12.9. The van der Waals surface area contributed by atoms with E-state index in [9.17, 15) is 9.90 Å². The molecule has 0 aliphatic heterocycles. The molecule has 1 rings (SSSR count). The standard InChI is InChI=1S/C28H51N3O5.ClH/c1-20(2)21(16-23(29)24(32)18-30-19-26(35-7)28(3,4)5)17-31-27(33)22-12-8-9-13-25(22)36-15-11-10-14-34-6;/h8-9,12-13,20-21,23-24,26,30,32H,10-11,14-19,29H2,1-7H3,(H,31,33);1H. The largest absolute Gasteiger partial charge is 0.493 e. The highest BCUT2D eigenvalue weighted by Gasteiger charge is 2.26. The predicted molar refractivity (Wildman–Crippen MR) is 153 cm³/mol. The SMILES string of the molecule is COCCCCOc1ccccc1C(=O)NCC(CC(N)C(O)CNCC(OC)C(C)(C)C)C(C)C.Cl. The molecule has 1 amide bonds. The summed E-state index contributed by atoms with van der Waals surface area (Å²) < 4.78 is 16.5. The molecule has 0 aliphatic rings. The summed E-state index contributed by atoms with van der Waals surface area (Å²) in [4.78, 5) is 12.9. The number of carbonyl (C=O) groups is 1. The third-order valence-corrected chi connectivity index (χ3v) is 6.60. The highest BCUT2D eigenvalue weighted by Crippen LogP contribution is 2.22. The van der Waals surface area contributed by atoms with Gasteiger partial charge in [0.2, 0.25) is 0 Å². The Morgan fingerprint density at radius 3 is 2.30 bits per heavy atom. The van der Waals surface area contributed by atoms with Crippen molar-refractivity contribution < 1.29 is 24.1 Å². The van der Waals surface area contributed by atoms with Crippen LogP contribution in [0.3, 0.4) is 0 Å². The van der Waals surface area contributed by atoms with Crippen LogP contribution in [0.1, 0.15) is 64.2 Å². The molecule has 0 fully saturated rings.